The number of hydrogen-bond acceptors (Lipinski definition) is 4. The van der Waals surface area contributed by atoms with Crippen LogP contribution < -0.4 is 17.0 Å². The van der Waals surface area contributed by atoms with Gasteiger partial charge in [-0.1, -0.05) is 12.1 Å². The van der Waals surface area contributed by atoms with Crippen molar-refractivity contribution in [1.82, 2.24) is 14.6 Å². The van der Waals surface area contributed by atoms with E-state index in [9.17, 15) is 9.59 Å². The van der Waals surface area contributed by atoms with Gasteiger partial charge in [0.25, 0.3) is 5.91 Å². The smallest absolute Gasteiger partial charge is 0.329 e. The number of aryl methyl sites for hydroxylation is 1. The lowest BCUT2D eigenvalue weighted by atomic mass is 10.2. The van der Waals surface area contributed by atoms with Crippen LogP contribution in [0, 0.1) is 0 Å². The third kappa shape index (κ3) is 2.03. The van der Waals surface area contributed by atoms with E-state index in [4.69, 9.17) is 10.3 Å². The average Bonchev–Trinajstić information content (AvgIpc) is 3.06. The summed E-state index contributed by atoms with van der Waals surface area (Å²) in [7, 11) is 1.71. The van der Waals surface area contributed by atoms with E-state index >= 15 is 0 Å². The molecule has 3 rings (SSSR count). The summed E-state index contributed by atoms with van der Waals surface area (Å²) in [5, 5.41) is 0. The number of carbonyl (C=O) groups excluding carboxylic acids is 1. The molecule has 0 aliphatic rings. The molecule has 3 N–H and O–H groups in total. The zero-order valence-corrected chi connectivity index (χ0v) is 11.4. The molecule has 1 aromatic carbocycles. The minimum Gasteiger partial charge on any atom is -0.467 e. The van der Waals surface area contributed by atoms with Crippen molar-refractivity contribution < 1.29 is 9.21 Å². The third-order valence-corrected chi connectivity index (χ3v) is 3.47. The summed E-state index contributed by atoms with van der Waals surface area (Å²) in [6.45, 7) is 0.163. The van der Waals surface area contributed by atoms with Crippen LogP contribution in [-0.4, -0.2) is 15.0 Å². The number of furan rings is 1. The third-order valence-electron chi connectivity index (χ3n) is 3.47. The molecule has 2 aromatic heterocycles. The summed E-state index contributed by atoms with van der Waals surface area (Å²) in [5.74, 6) is 5.07. The van der Waals surface area contributed by atoms with Crippen molar-refractivity contribution in [3.8, 4) is 0 Å². The van der Waals surface area contributed by atoms with Gasteiger partial charge in [-0.3, -0.25) is 19.4 Å². The number of nitrogens with one attached hydrogen (secondary N) is 1. The van der Waals surface area contributed by atoms with Crippen LogP contribution in [0.3, 0.4) is 0 Å². The maximum atomic E-state index is 12.3. The molecule has 1 amide bonds. The van der Waals surface area contributed by atoms with Gasteiger partial charge in [0, 0.05) is 7.05 Å². The van der Waals surface area contributed by atoms with Crippen molar-refractivity contribution in [2.24, 2.45) is 12.9 Å². The Kier molecular flexibility index (Phi) is 3.11. The number of hydrazine groups is 1. The fourth-order valence-electron chi connectivity index (χ4n) is 2.40. The van der Waals surface area contributed by atoms with Crippen LogP contribution in [0.4, 0.5) is 0 Å². The van der Waals surface area contributed by atoms with E-state index in [1.54, 1.807) is 16.2 Å². The molecule has 3 aromatic rings. The second-order valence-electron chi connectivity index (χ2n) is 4.65. The number of fused-ring (bicyclic) bond motifs is 1. The van der Waals surface area contributed by atoms with Crippen LogP contribution in [0.2, 0.25) is 0 Å². The van der Waals surface area contributed by atoms with Crippen molar-refractivity contribution in [3.05, 3.63) is 58.4 Å². The van der Waals surface area contributed by atoms with E-state index in [0.29, 0.717) is 11.3 Å². The first-order valence-electron chi connectivity index (χ1n) is 6.35. The van der Waals surface area contributed by atoms with Gasteiger partial charge in [0.2, 0.25) is 0 Å². The number of nitrogens with zero attached hydrogens (tertiary/aromatic N) is 2. The zero-order valence-electron chi connectivity index (χ0n) is 11.4. The number of rotatable bonds is 3. The molecule has 7 nitrogen and oxygen atoms in total. The maximum absolute atomic E-state index is 12.3. The summed E-state index contributed by atoms with van der Waals surface area (Å²) in [5.41, 5.74) is 3.80. The predicted octanol–water partition coefficient (Wildman–Crippen LogP) is 0.585. The Bertz CT molecular complexity index is 872. The molecule has 7 heteroatoms. The molecule has 2 heterocycles. The fourth-order valence-corrected chi connectivity index (χ4v) is 2.40. The number of para-hydroxylation sites is 2. The van der Waals surface area contributed by atoms with E-state index in [-0.39, 0.29) is 12.2 Å². The van der Waals surface area contributed by atoms with Gasteiger partial charge >= 0.3 is 5.69 Å². The molecule has 21 heavy (non-hydrogen) atoms. The first-order valence-corrected chi connectivity index (χ1v) is 6.35. The van der Waals surface area contributed by atoms with Crippen LogP contribution in [0.5, 0.6) is 0 Å². The number of hydrogen-bond donors (Lipinski definition) is 2. The lowest BCUT2D eigenvalue weighted by Gasteiger charge is -2.03. The first kappa shape index (κ1) is 13.2. The van der Waals surface area contributed by atoms with E-state index in [1.807, 2.05) is 24.3 Å². The largest absolute Gasteiger partial charge is 0.467 e. The molecule has 0 fully saturated rings. The topological polar surface area (TPSA) is 95.2 Å². The molecular weight excluding hydrogens is 272 g/mol. The van der Waals surface area contributed by atoms with Crippen LogP contribution in [0.15, 0.2) is 45.8 Å². The van der Waals surface area contributed by atoms with Gasteiger partial charge in [0.1, 0.15) is 5.76 Å². The summed E-state index contributed by atoms with van der Waals surface area (Å²) in [6.07, 6.45) is 1.40. The second-order valence-corrected chi connectivity index (χ2v) is 4.65. The Morgan fingerprint density at radius 1 is 1.29 bits per heavy atom. The Morgan fingerprint density at radius 2 is 2.00 bits per heavy atom. The number of nitrogen functional groups attached to an aromatic ring is 1. The Labute approximate surface area is 119 Å². The number of aromatic nitrogens is 2. The number of nitrogens with two attached hydrogens (primary N) is 1. The molecule has 0 unspecified atom stereocenters. The van der Waals surface area contributed by atoms with Gasteiger partial charge < -0.3 is 4.42 Å². The Morgan fingerprint density at radius 3 is 2.71 bits per heavy atom. The molecule has 0 aliphatic carbocycles. The highest BCUT2D eigenvalue weighted by Gasteiger charge is 2.17. The van der Waals surface area contributed by atoms with Crippen LogP contribution in [0.1, 0.15) is 16.1 Å². The quantitative estimate of drug-likeness (QED) is 0.418. The van der Waals surface area contributed by atoms with Gasteiger partial charge in [0.05, 0.1) is 29.4 Å². The van der Waals surface area contributed by atoms with Crippen LogP contribution in [-0.2, 0) is 13.6 Å². The van der Waals surface area contributed by atoms with Gasteiger partial charge in [0.15, 0.2) is 0 Å². The minimum atomic E-state index is -0.452. The van der Waals surface area contributed by atoms with E-state index in [1.165, 1.54) is 12.3 Å². The number of carbonyl (C=O) groups is 1. The molecule has 0 radical (unpaired) electrons. The summed E-state index contributed by atoms with van der Waals surface area (Å²) in [4.78, 5) is 24.0. The van der Waals surface area contributed by atoms with Crippen molar-refractivity contribution in [2.45, 2.75) is 6.54 Å². The van der Waals surface area contributed by atoms with Crippen molar-refractivity contribution in [1.29, 1.82) is 0 Å². The van der Waals surface area contributed by atoms with Crippen molar-refractivity contribution in [2.75, 3.05) is 0 Å². The summed E-state index contributed by atoms with van der Waals surface area (Å²) < 4.78 is 8.43. The fraction of sp³-hybridized carbons (Fsp3) is 0.143. The molecule has 0 aliphatic heterocycles. The molecule has 0 spiro atoms. The minimum absolute atomic E-state index is 0.163. The van der Waals surface area contributed by atoms with Crippen LogP contribution >= 0.6 is 0 Å². The van der Waals surface area contributed by atoms with E-state index < -0.39 is 5.91 Å². The zero-order chi connectivity index (χ0) is 15.0. The molecule has 0 atom stereocenters. The normalized spacial score (nSPS) is 11.0. The molecule has 0 saturated heterocycles. The van der Waals surface area contributed by atoms with Crippen molar-refractivity contribution in [3.63, 3.8) is 0 Å². The number of amides is 1. The Balaban J connectivity index is 2.12. The standard InChI is InChI=1S/C14H14N4O3/c1-17-10-4-2-3-5-11(10)18(14(17)20)8-12-9(6-7-21-12)13(19)16-15/h2-7H,8,15H2,1H3,(H,16,19). The monoisotopic (exact) mass is 286 g/mol. The summed E-state index contributed by atoms with van der Waals surface area (Å²) >= 11 is 0. The number of imidazole rings is 1. The molecule has 0 bridgehead atoms. The van der Waals surface area contributed by atoms with Gasteiger partial charge in [-0.15, -0.1) is 0 Å². The van der Waals surface area contributed by atoms with Crippen LogP contribution in [0.25, 0.3) is 11.0 Å². The SMILES string of the molecule is Cn1c(=O)n(Cc2occc2C(=O)NN)c2ccccc21. The van der Waals surface area contributed by atoms with Crippen molar-refractivity contribution >= 4 is 16.9 Å². The van der Waals surface area contributed by atoms with Gasteiger partial charge in [-0.25, -0.2) is 10.6 Å². The first-order chi connectivity index (χ1) is 10.1. The lowest BCUT2D eigenvalue weighted by Crippen LogP contribution is -2.31. The van der Waals surface area contributed by atoms with E-state index in [0.717, 1.165) is 11.0 Å². The second kappa shape index (κ2) is 4.95. The van der Waals surface area contributed by atoms with Gasteiger partial charge in [-0.2, -0.15) is 0 Å². The highest BCUT2D eigenvalue weighted by molar-refractivity contribution is 5.94. The van der Waals surface area contributed by atoms with E-state index in [2.05, 4.69) is 5.43 Å². The molecular formula is C14H14N4O3. The maximum Gasteiger partial charge on any atom is 0.329 e. The summed E-state index contributed by atoms with van der Waals surface area (Å²) in [6, 6.07) is 8.96. The predicted molar refractivity (Wildman–Crippen MR) is 76.6 cm³/mol. The number of benzene rings is 1. The molecule has 0 saturated carbocycles. The van der Waals surface area contributed by atoms with Gasteiger partial charge in [-0.05, 0) is 18.2 Å². The lowest BCUT2D eigenvalue weighted by molar-refractivity contribution is 0.0951. The highest BCUT2D eigenvalue weighted by Crippen LogP contribution is 2.16. The highest BCUT2D eigenvalue weighted by atomic mass is 16.3. The molecule has 108 valence electrons. The Hall–Kier alpha value is -2.80. The average molecular weight is 286 g/mol.